The van der Waals surface area contributed by atoms with Crippen LogP contribution in [0.1, 0.15) is 13.3 Å². The van der Waals surface area contributed by atoms with E-state index in [0.29, 0.717) is 0 Å². The summed E-state index contributed by atoms with van der Waals surface area (Å²) in [5, 5.41) is 11.7. The zero-order chi connectivity index (χ0) is 10.3. The van der Waals surface area contributed by atoms with E-state index in [9.17, 15) is 18.0 Å². The maximum atomic E-state index is 12.3. The Labute approximate surface area is 71.4 Å². The minimum absolute atomic E-state index is 0.125. The smallest absolute Gasteiger partial charge is 0.424 e. The molecule has 1 unspecified atom stereocenters. The maximum Gasteiger partial charge on any atom is 0.424 e. The van der Waals surface area contributed by atoms with E-state index >= 15 is 0 Å². The molecule has 1 aliphatic heterocycles. The van der Waals surface area contributed by atoms with Crippen LogP contribution < -0.4 is 5.43 Å². The van der Waals surface area contributed by atoms with Crippen LogP contribution in [0.25, 0.3) is 0 Å². The lowest BCUT2D eigenvalue weighted by Gasteiger charge is -2.26. The fraction of sp³-hybridized carbons (Fsp3) is 0.667. The molecule has 0 spiro atoms. The van der Waals surface area contributed by atoms with Gasteiger partial charge in [0.05, 0.1) is 0 Å². The molecule has 7 heteroatoms. The van der Waals surface area contributed by atoms with Gasteiger partial charge in [-0.1, -0.05) is 0 Å². The van der Waals surface area contributed by atoms with Crippen LogP contribution in [0.3, 0.4) is 0 Å². The standard InChI is InChI=1S/C6H7F3N2O2/c1-3-2-5(4(12)13,11-10-3)6(7,8)9/h11H,2H2,1H3,(H,12,13). The normalized spacial score (nSPS) is 28.2. The van der Waals surface area contributed by atoms with Crippen molar-refractivity contribution in [1.82, 2.24) is 5.43 Å². The fourth-order valence-corrected chi connectivity index (χ4v) is 1.06. The van der Waals surface area contributed by atoms with Crippen molar-refractivity contribution in [1.29, 1.82) is 0 Å². The minimum Gasteiger partial charge on any atom is -0.479 e. The van der Waals surface area contributed by atoms with E-state index in [1.54, 1.807) is 5.43 Å². The molecule has 0 aromatic rings. The molecule has 1 atom stereocenters. The Kier molecular flexibility index (Phi) is 1.97. The lowest BCUT2D eigenvalue weighted by Crippen LogP contribution is -2.58. The number of carbonyl (C=O) groups is 1. The van der Waals surface area contributed by atoms with Crippen LogP contribution in [0.4, 0.5) is 13.2 Å². The highest BCUT2D eigenvalue weighted by Crippen LogP contribution is 2.36. The van der Waals surface area contributed by atoms with Crippen LogP contribution in [-0.2, 0) is 4.79 Å². The van der Waals surface area contributed by atoms with Crippen LogP contribution in [-0.4, -0.2) is 28.5 Å². The summed E-state index contributed by atoms with van der Waals surface area (Å²) in [6.07, 6.45) is -5.49. The third-order valence-corrected chi connectivity index (χ3v) is 1.81. The SMILES string of the molecule is CC1=NNC(C(=O)O)(C(F)(F)F)C1. The van der Waals surface area contributed by atoms with Crippen molar-refractivity contribution in [2.45, 2.75) is 25.1 Å². The maximum absolute atomic E-state index is 12.3. The summed E-state index contributed by atoms with van der Waals surface area (Å²) in [5.41, 5.74) is -1.19. The van der Waals surface area contributed by atoms with Crippen LogP contribution in [0, 0.1) is 0 Å². The monoisotopic (exact) mass is 196 g/mol. The van der Waals surface area contributed by atoms with Crippen molar-refractivity contribution in [3.8, 4) is 0 Å². The zero-order valence-electron chi connectivity index (χ0n) is 6.64. The second-order valence-electron chi connectivity index (χ2n) is 2.84. The average Bonchev–Trinajstić information content (AvgIpc) is 2.30. The van der Waals surface area contributed by atoms with Crippen LogP contribution in [0.5, 0.6) is 0 Å². The second-order valence-corrected chi connectivity index (χ2v) is 2.84. The molecule has 0 fully saturated rings. The first-order valence-electron chi connectivity index (χ1n) is 3.40. The van der Waals surface area contributed by atoms with Crippen molar-refractivity contribution in [3.63, 3.8) is 0 Å². The Hall–Kier alpha value is -1.27. The summed E-state index contributed by atoms with van der Waals surface area (Å²) in [4.78, 5) is 10.5. The van der Waals surface area contributed by atoms with Gasteiger partial charge in [0, 0.05) is 12.1 Å². The Balaban J connectivity index is 3.01. The molecule has 1 aliphatic rings. The molecule has 13 heavy (non-hydrogen) atoms. The molecular weight excluding hydrogens is 189 g/mol. The lowest BCUT2D eigenvalue weighted by atomic mass is 9.94. The van der Waals surface area contributed by atoms with Crippen LogP contribution in [0.2, 0.25) is 0 Å². The predicted molar refractivity (Wildman–Crippen MR) is 37.3 cm³/mol. The second kappa shape index (κ2) is 2.61. The molecule has 1 heterocycles. The first-order chi connectivity index (χ1) is 5.79. The summed E-state index contributed by atoms with van der Waals surface area (Å²) in [7, 11) is 0. The van der Waals surface area contributed by atoms with Gasteiger partial charge in [-0.25, -0.2) is 4.79 Å². The molecule has 0 saturated heterocycles. The number of hydrazone groups is 1. The van der Waals surface area contributed by atoms with E-state index in [-0.39, 0.29) is 5.71 Å². The number of carboxylic acid groups (broad SMARTS) is 1. The number of rotatable bonds is 1. The molecule has 0 aromatic heterocycles. The molecule has 0 bridgehead atoms. The molecule has 0 aromatic carbocycles. The molecule has 0 amide bonds. The Morgan fingerprint density at radius 2 is 2.23 bits per heavy atom. The van der Waals surface area contributed by atoms with Gasteiger partial charge in [0.15, 0.2) is 0 Å². The molecule has 1 rings (SSSR count). The van der Waals surface area contributed by atoms with Gasteiger partial charge in [0.25, 0.3) is 5.54 Å². The number of aliphatic carboxylic acids is 1. The lowest BCUT2D eigenvalue weighted by molar-refractivity contribution is -0.206. The van der Waals surface area contributed by atoms with Gasteiger partial charge < -0.3 is 5.11 Å². The van der Waals surface area contributed by atoms with Crippen molar-refractivity contribution >= 4 is 11.7 Å². The first kappa shape index (κ1) is 9.82. The molecule has 0 saturated carbocycles. The average molecular weight is 196 g/mol. The van der Waals surface area contributed by atoms with Gasteiger partial charge in [-0.05, 0) is 6.92 Å². The fourth-order valence-electron chi connectivity index (χ4n) is 1.06. The number of hydrogen-bond acceptors (Lipinski definition) is 3. The summed E-state index contributed by atoms with van der Waals surface area (Å²) in [6.45, 7) is 1.34. The van der Waals surface area contributed by atoms with E-state index in [0.717, 1.165) is 0 Å². The van der Waals surface area contributed by atoms with Gasteiger partial charge in [0.1, 0.15) is 0 Å². The number of carboxylic acids is 1. The van der Waals surface area contributed by atoms with Gasteiger partial charge in [-0.2, -0.15) is 18.3 Å². The quantitative estimate of drug-likeness (QED) is 0.650. The number of nitrogens with one attached hydrogen (secondary N) is 1. The highest BCUT2D eigenvalue weighted by Gasteiger charge is 2.63. The molecule has 0 radical (unpaired) electrons. The number of alkyl halides is 3. The number of hydrogen-bond donors (Lipinski definition) is 2. The van der Waals surface area contributed by atoms with E-state index in [1.807, 2.05) is 0 Å². The largest absolute Gasteiger partial charge is 0.479 e. The van der Waals surface area contributed by atoms with E-state index < -0.39 is 24.1 Å². The van der Waals surface area contributed by atoms with E-state index in [1.165, 1.54) is 6.92 Å². The minimum atomic E-state index is -4.85. The summed E-state index contributed by atoms with van der Waals surface area (Å²) < 4.78 is 37.0. The van der Waals surface area contributed by atoms with Gasteiger partial charge in [0.2, 0.25) is 0 Å². The third kappa shape index (κ3) is 1.34. The highest BCUT2D eigenvalue weighted by atomic mass is 19.4. The van der Waals surface area contributed by atoms with Gasteiger partial charge in [-0.15, -0.1) is 0 Å². The summed E-state index contributed by atoms with van der Waals surface area (Å²) in [6, 6.07) is 0. The third-order valence-electron chi connectivity index (χ3n) is 1.81. The van der Waals surface area contributed by atoms with Crippen molar-refractivity contribution in [3.05, 3.63) is 0 Å². The van der Waals surface area contributed by atoms with Crippen LogP contribution in [0.15, 0.2) is 5.10 Å². The Morgan fingerprint density at radius 3 is 2.38 bits per heavy atom. The number of nitrogens with zero attached hydrogens (tertiary/aromatic N) is 1. The topological polar surface area (TPSA) is 61.7 Å². The molecule has 74 valence electrons. The highest BCUT2D eigenvalue weighted by molar-refractivity contribution is 5.93. The predicted octanol–water partition coefficient (Wildman–Crippen LogP) is 0.741. The van der Waals surface area contributed by atoms with Crippen LogP contribution >= 0.6 is 0 Å². The van der Waals surface area contributed by atoms with Crippen molar-refractivity contribution in [2.24, 2.45) is 5.10 Å². The van der Waals surface area contributed by atoms with Gasteiger partial charge >= 0.3 is 12.1 Å². The van der Waals surface area contributed by atoms with Crippen molar-refractivity contribution < 1.29 is 23.1 Å². The van der Waals surface area contributed by atoms with Crippen molar-refractivity contribution in [2.75, 3.05) is 0 Å². The molecule has 2 N–H and O–H groups in total. The van der Waals surface area contributed by atoms with E-state index in [2.05, 4.69) is 5.10 Å². The number of halogens is 3. The Bertz CT molecular complexity index is 274. The summed E-state index contributed by atoms with van der Waals surface area (Å²) >= 11 is 0. The summed E-state index contributed by atoms with van der Waals surface area (Å²) in [5.74, 6) is -1.96. The zero-order valence-corrected chi connectivity index (χ0v) is 6.64. The van der Waals surface area contributed by atoms with Gasteiger partial charge in [-0.3, -0.25) is 5.43 Å². The van der Waals surface area contributed by atoms with E-state index in [4.69, 9.17) is 5.11 Å². The Morgan fingerprint density at radius 1 is 1.69 bits per heavy atom. The first-order valence-corrected chi connectivity index (χ1v) is 3.40. The molecule has 4 nitrogen and oxygen atoms in total. The molecular formula is C6H7F3N2O2. The molecule has 0 aliphatic carbocycles.